The fourth-order valence-electron chi connectivity index (χ4n) is 2.36. The average molecular weight is 407 g/mol. The highest BCUT2D eigenvalue weighted by Crippen LogP contribution is 2.17. The maximum Gasteiger partial charge on any atom is 0.338 e. The summed E-state index contributed by atoms with van der Waals surface area (Å²) in [6, 6.07) is 15.0. The van der Waals surface area contributed by atoms with Crippen molar-refractivity contribution in [3.05, 3.63) is 76.2 Å². The summed E-state index contributed by atoms with van der Waals surface area (Å²) in [4.78, 5) is 28.7. The summed E-state index contributed by atoms with van der Waals surface area (Å²) < 4.78 is 10.8. The second-order valence-electron chi connectivity index (χ2n) is 5.99. The minimum absolute atomic E-state index is 0.295. The molecule has 0 aliphatic carbocycles. The van der Waals surface area contributed by atoms with Gasteiger partial charge in [-0.05, 0) is 43.3 Å². The number of carbonyl (C=O) groups excluding carboxylic acids is 2. The molecule has 3 rings (SSSR count). The molecule has 7 nitrogen and oxygen atoms in total. The van der Waals surface area contributed by atoms with E-state index in [-0.39, 0.29) is 0 Å². The van der Waals surface area contributed by atoms with Gasteiger partial charge >= 0.3 is 5.97 Å². The number of anilines is 1. The number of nitrogens with zero attached hydrogens (tertiary/aromatic N) is 2. The lowest BCUT2D eigenvalue weighted by molar-refractivity contribution is -0.123. The predicted molar refractivity (Wildman–Crippen MR) is 108 cm³/mol. The van der Waals surface area contributed by atoms with Crippen LogP contribution >= 0.6 is 11.3 Å². The van der Waals surface area contributed by atoms with Crippen LogP contribution in [0, 0.1) is 11.3 Å². The van der Waals surface area contributed by atoms with Crippen molar-refractivity contribution < 1.29 is 19.1 Å². The van der Waals surface area contributed by atoms with Gasteiger partial charge in [-0.15, -0.1) is 11.3 Å². The number of carbonyl (C=O) groups is 2. The molecule has 0 aliphatic rings. The molecular formula is C21H17N3O4S. The first-order valence-electron chi connectivity index (χ1n) is 8.67. The molecular weight excluding hydrogens is 390 g/mol. The number of nitriles is 1. The van der Waals surface area contributed by atoms with Crippen LogP contribution in [0.2, 0.25) is 0 Å². The van der Waals surface area contributed by atoms with E-state index >= 15 is 0 Å². The first-order chi connectivity index (χ1) is 14.1. The van der Waals surface area contributed by atoms with Gasteiger partial charge in [-0.25, -0.2) is 9.78 Å². The van der Waals surface area contributed by atoms with E-state index in [1.807, 2.05) is 11.4 Å². The molecule has 8 heteroatoms. The van der Waals surface area contributed by atoms with Crippen molar-refractivity contribution in [3.63, 3.8) is 0 Å². The smallest absolute Gasteiger partial charge is 0.338 e. The van der Waals surface area contributed by atoms with Gasteiger partial charge in [0.2, 0.25) is 0 Å². The van der Waals surface area contributed by atoms with Crippen LogP contribution in [0.15, 0.2) is 59.4 Å². The third kappa shape index (κ3) is 5.40. The summed E-state index contributed by atoms with van der Waals surface area (Å²) in [5.74, 6) is -0.565. The lowest BCUT2D eigenvalue weighted by Gasteiger charge is -2.14. The predicted octanol–water partition coefficient (Wildman–Crippen LogP) is 3.78. The maximum absolute atomic E-state index is 12.3. The van der Waals surface area contributed by atoms with Gasteiger partial charge in [0.1, 0.15) is 18.4 Å². The van der Waals surface area contributed by atoms with Crippen LogP contribution in [0.25, 0.3) is 0 Å². The molecule has 1 aromatic heterocycles. The molecule has 0 fully saturated rings. The van der Waals surface area contributed by atoms with Gasteiger partial charge in [0.15, 0.2) is 6.10 Å². The Morgan fingerprint density at radius 3 is 2.66 bits per heavy atom. The van der Waals surface area contributed by atoms with Crippen LogP contribution in [0.3, 0.4) is 0 Å². The number of amides is 1. The molecule has 0 aliphatic heterocycles. The third-order valence-corrected chi connectivity index (χ3v) is 4.55. The number of hydrogen-bond donors (Lipinski definition) is 1. The fraction of sp³-hybridized carbons (Fsp3) is 0.143. The Labute approximate surface area is 171 Å². The molecule has 0 saturated heterocycles. The number of para-hydroxylation sites is 1. The first-order valence-corrected chi connectivity index (χ1v) is 9.62. The Kier molecular flexibility index (Phi) is 6.55. The molecule has 0 spiro atoms. The van der Waals surface area contributed by atoms with Gasteiger partial charge in [0.25, 0.3) is 5.91 Å². The molecule has 3 aromatic rings. The fourth-order valence-corrected chi connectivity index (χ4v) is 2.90. The third-order valence-electron chi connectivity index (χ3n) is 3.92. The van der Waals surface area contributed by atoms with Crippen LogP contribution in [0.4, 0.5) is 5.69 Å². The highest BCUT2D eigenvalue weighted by molar-refractivity contribution is 7.07. The Morgan fingerprint density at radius 2 is 1.97 bits per heavy atom. The molecule has 0 saturated carbocycles. The number of rotatable bonds is 7. The first kappa shape index (κ1) is 20.0. The SMILES string of the molecule is CC(OC(=O)c1ccc(OCc2cscn2)cc1)C(=O)Nc1ccccc1C#N. The van der Waals surface area contributed by atoms with Gasteiger partial charge in [0.05, 0.1) is 28.0 Å². The number of benzene rings is 2. The lowest BCUT2D eigenvalue weighted by atomic mass is 10.2. The van der Waals surface area contributed by atoms with Crippen molar-refractivity contribution in [3.8, 4) is 11.8 Å². The monoisotopic (exact) mass is 407 g/mol. The van der Waals surface area contributed by atoms with E-state index in [2.05, 4.69) is 10.3 Å². The van der Waals surface area contributed by atoms with Gasteiger partial charge in [-0.3, -0.25) is 4.79 Å². The van der Waals surface area contributed by atoms with Gasteiger partial charge in [-0.2, -0.15) is 5.26 Å². The zero-order valence-electron chi connectivity index (χ0n) is 15.5. The van der Waals surface area contributed by atoms with E-state index in [1.54, 1.807) is 54.0 Å². The Balaban J connectivity index is 1.54. The number of hydrogen-bond acceptors (Lipinski definition) is 7. The molecule has 1 unspecified atom stereocenters. The van der Waals surface area contributed by atoms with E-state index in [0.717, 1.165) is 5.69 Å². The largest absolute Gasteiger partial charge is 0.487 e. The van der Waals surface area contributed by atoms with Gasteiger partial charge in [0, 0.05) is 5.38 Å². The van der Waals surface area contributed by atoms with Crippen molar-refractivity contribution in [2.45, 2.75) is 19.6 Å². The normalized spacial score (nSPS) is 11.2. The van der Waals surface area contributed by atoms with E-state index in [1.165, 1.54) is 18.3 Å². The molecule has 1 N–H and O–H groups in total. The average Bonchev–Trinajstić information content (AvgIpc) is 3.26. The van der Waals surface area contributed by atoms with Crippen molar-refractivity contribution in [1.82, 2.24) is 4.98 Å². The Hall–Kier alpha value is -3.70. The van der Waals surface area contributed by atoms with Crippen molar-refractivity contribution in [1.29, 1.82) is 5.26 Å². The van der Waals surface area contributed by atoms with Crippen molar-refractivity contribution in [2.24, 2.45) is 0 Å². The van der Waals surface area contributed by atoms with Crippen molar-refractivity contribution in [2.75, 3.05) is 5.32 Å². The molecule has 0 bridgehead atoms. The Bertz CT molecular complexity index is 1030. The molecule has 0 radical (unpaired) electrons. The van der Waals surface area contributed by atoms with Gasteiger partial charge < -0.3 is 14.8 Å². The zero-order valence-corrected chi connectivity index (χ0v) is 16.3. The molecule has 1 amide bonds. The molecule has 1 heterocycles. The second kappa shape index (κ2) is 9.48. The summed E-state index contributed by atoms with van der Waals surface area (Å²) >= 11 is 1.49. The highest BCUT2D eigenvalue weighted by Gasteiger charge is 2.20. The summed E-state index contributed by atoms with van der Waals surface area (Å²) in [5, 5.41) is 13.6. The standard InChI is InChI=1S/C21H17N3O4S/c1-14(20(25)24-19-5-3-2-4-16(19)10-22)28-21(26)15-6-8-18(9-7-15)27-11-17-12-29-13-23-17/h2-9,12-14H,11H2,1H3,(H,24,25). The number of ether oxygens (including phenoxy) is 2. The minimum Gasteiger partial charge on any atom is -0.487 e. The molecule has 29 heavy (non-hydrogen) atoms. The lowest BCUT2D eigenvalue weighted by Crippen LogP contribution is -2.30. The highest BCUT2D eigenvalue weighted by atomic mass is 32.1. The minimum atomic E-state index is -1.03. The van der Waals surface area contributed by atoms with E-state index in [9.17, 15) is 9.59 Å². The summed E-state index contributed by atoms with van der Waals surface area (Å²) in [7, 11) is 0. The topological polar surface area (TPSA) is 101 Å². The molecule has 146 valence electrons. The number of aromatic nitrogens is 1. The maximum atomic E-state index is 12.3. The second-order valence-corrected chi connectivity index (χ2v) is 6.71. The van der Waals surface area contributed by atoms with E-state index in [0.29, 0.717) is 29.2 Å². The van der Waals surface area contributed by atoms with Crippen molar-refractivity contribution >= 4 is 28.9 Å². The van der Waals surface area contributed by atoms with E-state index in [4.69, 9.17) is 14.7 Å². The summed E-state index contributed by atoms with van der Waals surface area (Å²) in [6.45, 7) is 1.81. The quantitative estimate of drug-likeness (QED) is 0.598. The van der Waals surface area contributed by atoms with Crippen LogP contribution in [-0.4, -0.2) is 23.0 Å². The Morgan fingerprint density at radius 1 is 1.21 bits per heavy atom. The molecule has 1 atom stereocenters. The van der Waals surface area contributed by atoms with Crippen LogP contribution in [0.1, 0.15) is 28.5 Å². The zero-order chi connectivity index (χ0) is 20.6. The number of esters is 1. The van der Waals surface area contributed by atoms with Crippen LogP contribution in [-0.2, 0) is 16.1 Å². The van der Waals surface area contributed by atoms with Crippen LogP contribution < -0.4 is 10.1 Å². The van der Waals surface area contributed by atoms with E-state index < -0.39 is 18.0 Å². The van der Waals surface area contributed by atoms with Gasteiger partial charge in [-0.1, -0.05) is 12.1 Å². The number of nitrogens with one attached hydrogen (secondary N) is 1. The summed E-state index contributed by atoms with van der Waals surface area (Å²) in [6.07, 6.45) is -1.03. The number of thiazole rings is 1. The van der Waals surface area contributed by atoms with Crippen LogP contribution in [0.5, 0.6) is 5.75 Å². The molecule has 2 aromatic carbocycles. The summed E-state index contributed by atoms with van der Waals surface area (Å²) in [5.41, 5.74) is 3.55.